The van der Waals surface area contributed by atoms with Gasteiger partial charge in [-0.3, -0.25) is 4.79 Å². The molecule has 0 bridgehead atoms. The lowest BCUT2D eigenvalue weighted by Gasteiger charge is -2.27. The summed E-state index contributed by atoms with van der Waals surface area (Å²) in [7, 11) is 0. The van der Waals surface area contributed by atoms with Gasteiger partial charge in [0.2, 0.25) is 0 Å². The summed E-state index contributed by atoms with van der Waals surface area (Å²) in [5.74, 6) is 0.147. The van der Waals surface area contributed by atoms with Crippen molar-refractivity contribution in [3.05, 3.63) is 63.6 Å². The van der Waals surface area contributed by atoms with E-state index in [1.54, 1.807) is 30.8 Å². The number of ketones is 1. The van der Waals surface area contributed by atoms with Gasteiger partial charge in [-0.25, -0.2) is 4.99 Å². The Morgan fingerprint density at radius 2 is 1.85 bits per heavy atom. The summed E-state index contributed by atoms with van der Waals surface area (Å²) in [6.45, 7) is 7.86. The van der Waals surface area contributed by atoms with E-state index in [1.807, 2.05) is 25.1 Å². The number of carbonyl (C=O) groups excluding carboxylic acids is 1. The van der Waals surface area contributed by atoms with Gasteiger partial charge in [-0.1, -0.05) is 72.6 Å². The van der Waals surface area contributed by atoms with Crippen LogP contribution in [-0.2, 0) is 11.2 Å². The fourth-order valence-corrected chi connectivity index (χ4v) is 4.35. The van der Waals surface area contributed by atoms with Gasteiger partial charge in [-0.2, -0.15) is 0 Å². The Morgan fingerprint density at radius 1 is 1.15 bits per heavy atom. The van der Waals surface area contributed by atoms with Crippen LogP contribution in [0.1, 0.15) is 44.7 Å². The second-order valence-corrected chi connectivity index (χ2v) is 9.24. The van der Waals surface area contributed by atoms with E-state index >= 15 is 0 Å². The van der Waals surface area contributed by atoms with Gasteiger partial charge in [0.05, 0.1) is 25.5 Å². The minimum atomic E-state index is -0.573. The Hall–Kier alpha value is -1.29. The molecule has 0 saturated carbocycles. The molecule has 2 aromatic carbocycles. The van der Waals surface area contributed by atoms with E-state index in [-0.39, 0.29) is 5.78 Å². The topological polar surface area (TPSA) is 29.4 Å². The third-order valence-corrected chi connectivity index (χ3v) is 6.65. The minimum absolute atomic E-state index is 0.147. The first-order chi connectivity index (χ1) is 12.7. The number of hydrogen-bond acceptors (Lipinski definition) is 3. The normalized spacial score (nSPS) is 14.1. The predicted molar refractivity (Wildman–Crippen MR) is 120 cm³/mol. The Bertz CT molecular complexity index is 850. The smallest absolute Gasteiger partial charge is 0.146 e. The standard InChI is InChI=1S/C22H25Cl2NOS/c1-5-8-21(25-18-11-12-19(23)20(24)13-18)27-22(4,16(3)26)14-17-10-7-6-9-15(17)2/h6-7,9-13H,5,8,14H2,1-4H3. The molecule has 0 heterocycles. The summed E-state index contributed by atoms with van der Waals surface area (Å²) in [5.41, 5.74) is 3.14. The van der Waals surface area contributed by atoms with Crippen molar-refractivity contribution in [2.24, 2.45) is 4.99 Å². The van der Waals surface area contributed by atoms with Crippen molar-refractivity contribution in [3.63, 3.8) is 0 Å². The Balaban J connectivity index is 2.34. The average molecular weight is 422 g/mol. The van der Waals surface area contributed by atoms with Gasteiger partial charge in [0.1, 0.15) is 5.78 Å². The highest BCUT2D eigenvalue weighted by molar-refractivity contribution is 8.15. The number of benzene rings is 2. The van der Waals surface area contributed by atoms with Gasteiger partial charge in [0.25, 0.3) is 0 Å². The second kappa shape index (κ2) is 9.77. The molecule has 0 saturated heterocycles. The molecule has 0 fully saturated rings. The molecule has 0 aliphatic rings. The maximum Gasteiger partial charge on any atom is 0.146 e. The molecule has 0 amide bonds. The molecule has 0 aliphatic carbocycles. The molecule has 2 aromatic rings. The molecule has 1 unspecified atom stereocenters. The number of carbonyl (C=O) groups is 1. The first-order valence-corrected chi connectivity index (χ1v) is 10.6. The minimum Gasteiger partial charge on any atom is -0.298 e. The van der Waals surface area contributed by atoms with Gasteiger partial charge < -0.3 is 0 Å². The highest BCUT2D eigenvalue weighted by Gasteiger charge is 2.33. The van der Waals surface area contributed by atoms with Crippen molar-refractivity contribution in [2.45, 2.75) is 51.7 Å². The lowest BCUT2D eigenvalue weighted by Crippen LogP contribution is -2.34. The molecular weight excluding hydrogens is 397 g/mol. The molecule has 0 aliphatic heterocycles. The third-order valence-electron chi connectivity index (χ3n) is 4.50. The Morgan fingerprint density at radius 3 is 2.44 bits per heavy atom. The molecule has 27 heavy (non-hydrogen) atoms. The SMILES string of the molecule is CCCC(=Nc1ccc(Cl)c(Cl)c1)SC(C)(Cc1ccccc1C)C(C)=O. The molecule has 2 nitrogen and oxygen atoms in total. The molecule has 0 radical (unpaired) electrons. The molecule has 2 rings (SSSR count). The van der Waals surface area contributed by atoms with Crippen LogP contribution in [0.3, 0.4) is 0 Å². The Labute approximate surface area is 176 Å². The summed E-state index contributed by atoms with van der Waals surface area (Å²) >= 11 is 13.7. The maximum atomic E-state index is 12.6. The van der Waals surface area contributed by atoms with Gasteiger partial charge in [0.15, 0.2) is 0 Å². The van der Waals surface area contributed by atoms with Crippen LogP contribution >= 0.6 is 35.0 Å². The van der Waals surface area contributed by atoms with Crippen LogP contribution < -0.4 is 0 Å². The van der Waals surface area contributed by atoms with E-state index in [2.05, 4.69) is 26.0 Å². The fourth-order valence-electron chi connectivity index (χ4n) is 2.71. The van der Waals surface area contributed by atoms with Gasteiger partial charge in [0, 0.05) is 0 Å². The molecular formula is C22H25Cl2NOS. The van der Waals surface area contributed by atoms with Crippen LogP contribution in [0.25, 0.3) is 0 Å². The highest BCUT2D eigenvalue weighted by atomic mass is 35.5. The van der Waals surface area contributed by atoms with Crippen molar-refractivity contribution in [1.29, 1.82) is 0 Å². The zero-order chi connectivity index (χ0) is 20.0. The van der Waals surface area contributed by atoms with Gasteiger partial charge in [-0.05, 0) is 62.9 Å². The van der Waals surface area contributed by atoms with E-state index in [9.17, 15) is 4.79 Å². The van der Waals surface area contributed by atoms with Crippen LogP contribution in [0.5, 0.6) is 0 Å². The third kappa shape index (κ3) is 6.10. The first-order valence-electron chi connectivity index (χ1n) is 9.02. The lowest BCUT2D eigenvalue weighted by molar-refractivity contribution is -0.118. The molecule has 0 aromatic heterocycles. The van der Waals surface area contributed by atoms with Crippen molar-refractivity contribution in [2.75, 3.05) is 0 Å². The van der Waals surface area contributed by atoms with Crippen LogP contribution in [0.2, 0.25) is 10.0 Å². The van der Waals surface area contributed by atoms with E-state index < -0.39 is 4.75 Å². The first kappa shape index (κ1) is 22.0. The molecule has 1 atom stereocenters. The largest absolute Gasteiger partial charge is 0.298 e. The number of nitrogens with zero attached hydrogens (tertiary/aromatic N) is 1. The number of Topliss-reactive ketones (excluding diaryl/α,β-unsaturated/α-hetero) is 1. The van der Waals surface area contributed by atoms with Crippen LogP contribution in [-0.4, -0.2) is 15.6 Å². The van der Waals surface area contributed by atoms with Gasteiger partial charge in [-0.15, -0.1) is 0 Å². The predicted octanol–water partition coefficient (Wildman–Crippen LogP) is 7.46. The van der Waals surface area contributed by atoms with E-state index in [4.69, 9.17) is 28.2 Å². The second-order valence-electron chi connectivity index (χ2n) is 6.85. The summed E-state index contributed by atoms with van der Waals surface area (Å²) < 4.78 is -0.573. The van der Waals surface area contributed by atoms with Gasteiger partial charge >= 0.3 is 0 Å². The zero-order valence-corrected chi connectivity index (χ0v) is 18.5. The highest BCUT2D eigenvalue weighted by Crippen LogP contribution is 2.35. The number of hydrogen-bond donors (Lipinski definition) is 0. The fraction of sp³-hybridized carbons (Fsp3) is 0.364. The van der Waals surface area contributed by atoms with Crippen molar-refractivity contribution in [3.8, 4) is 0 Å². The monoisotopic (exact) mass is 421 g/mol. The van der Waals surface area contributed by atoms with E-state index in [0.29, 0.717) is 16.5 Å². The summed E-state index contributed by atoms with van der Waals surface area (Å²) in [4.78, 5) is 17.3. The molecule has 5 heteroatoms. The summed E-state index contributed by atoms with van der Waals surface area (Å²) in [5, 5.41) is 1.92. The average Bonchev–Trinajstić information content (AvgIpc) is 2.60. The van der Waals surface area contributed by atoms with E-state index in [0.717, 1.165) is 23.6 Å². The van der Waals surface area contributed by atoms with Crippen LogP contribution in [0.4, 0.5) is 5.69 Å². The number of aliphatic imine (C=N–C) groups is 1. The summed E-state index contributed by atoms with van der Waals surface area (Å²) in [6, 6.07) is 13.6. The van der Waals surface area contributed by atoms with E-state index in [1.165, 1.54) is 11.1 Å². The van der Waals surface area contributed by atoms with Crippen molar-refractivity contribution >= 4 is 51.5 Å². The number of rotatable bonds is 7. The number of thioether (sulfide) groups is 1. The zero-order valence-electron chi connectivity index (χ0n) is 16.2. The number of halogens is 2. The lowest BCUT2D eigenvalue weighted by atomic mass is 9.94. The molecule has 144 valence electrons. The number of aryl methyl sites for hydroxylation is 1. The molecule has 0 N–H and O–H groups in total. The van der Waals surface area contributed by atoms with Crippen LogP contribution in [0.15, 0.2) is 47.5 Å². The Kier molecular flexibility index (Phi) is 7.96. The summed E-state index contributed by atoms with van der Waals surface area (Å²) in [6.07, 6.45) is 2.43. The maximum absolute atomic E-state index is 12.6. The van der Waals surface area contributed by atoms with Crippen LogP contribution in [0, 0.1) is 6.92 Å². The van der Waals surface area contributed by atoms with Crippen molar-refractivity contribution in [1.82, 2.24) is 0 Å². The molecule has 0 spiro atoms. The van der Waals surface area contributed by atoms with Crippen molar-refractivity contribution < 1.29 is 4.79 Å². The quantitative estimate of drug-likeness (QED) is 0.342.